The van der Waals surface area contributed by atoms with Crippen LogP contribution in [0.3, 0.4) is 0 Å². The predicted octanol–water partition coefficient (Wildman–Crippen LogP) is 5.05. The number of fused-ring (bicyclic) bond motifs is 1. The minimum Gasteiger partial charge on any atom is -0.337 e. The highest BCUT2D eigenvalue weighted by molar-refractivity contribution is 5.76. The quantitative estimate of drug-likeness (QED) is 0.391. The summed E-state index contributed by atoms with van der Waals surface area (Å²) in [5.41, 5.74) is 2.87. The van der Waals surface area contributed by atoms with Gasteiger partial charge in [-0.2, -0.15) is 0 Å². The van der Waals surface area contributed by atoms with Crippen molar-refractivity contribution >= 4 is 11.0 Å². The van der Waals surface area contributed by atoms with Crippen LogP contribution in [0.2, 0.25) is 0 Å². The van der Waals surface area contributed by atoms with E-state index < -0.39 is 0 Å². The molecule has 2 aromatic carbocycles. The number of halogens is 1. The minimum atomic E-state index is -0.158. The molecule has 156 valence electrons. The van der Waals surface area contributed by atoms with Crippen LogP contribution in [-0.2, 0) is 19.6 Å². The van der Waals surface area contributed by atoms with Gasteiger partial charge in [-0.05, 0) is 38.5 Å². The molecule has 0 saturated carbocycles. The van der Waals surface area contributed by atoms with Crippen LogP contribution in [0.25, 0.3) is 11.0 Å². The Balaban J connectivity index is 1.58. The summed E-state index contributed by atoms with van der Waals surface area (Å²) >= 11 is 0. The van der Waals surface area contributed by atoms with Crippen LogP contribution >= 0.6 is 0 Å². The van der Waals surface area contributed by atoms with Gasteiger partial charge in [0, 0.05) is 43.6 Å². The van der Waals surface area contributed by atoms with E-state index in [1.807, 2.05) is 30.7 Å². The number of imidazole rings is 2. The van der Waals surface area contributed by atoms with Gasteiger partial charge < -0.3 is 9.13 Å². The summed E-state index contributed by atoms with van der Waals surface area (Å²) in [6, 6.07) is 15.6. The van der Waals surface area contributed by atoms with Crippen molar-refractivity contribution < 1.29 is 4.39 Å². The number of para-hydroxylation sites is 2. The van der Waals surface area contributed by atoms with Gasteiger partial charge in [0.15, 0.2) is 0 Å². The molecule has 4 rings (SSSR count). The normalized spacial score (nSPS) is 11.8. The van der Waals surface area contributed by atoms with Crippen molar-refractivity contribution in [3.05, 3.63) is 84.5 Å². The Morgan fingerprint density at radius 2 is 1.83 bits per heavy atom. The van der Waals surface area contributed by atoms with Gasteiger partial charge in [-0.3, -0.25) is 4.90 Å². The maximum absolute atomic E-state index is 14.3. The van der Waals surface area contributed by atoms with Crippen LogP contribution in [-0.4, -0.2) is 30.5 Å². The Hall–Kier alpha value is -2.99. The maximum Gasteiger partial charge on any atom is 0.127 e. The second kappa shape index (κ2) is 9.22. The molecule has 0 aliphatic heterocycles. The van der Waals surface area contributed by atoms with Crippen molar-refractivity contribution in [1.82, 2.24) is 24.0 Å². The molecule has 0 unspecified atom stereocenters. The predicted molar refractivity (Wildman–Crippen MR) is 117 cm³/mol. The molecule has 30 heavy (non-hydrogen) atoms. The highest BCUT2D eigenvalue weighted by Crippen LogP contribution is 2.23. The number of benzene rings is 2. The van der Waals surface area contributed by atoms with Gasteiger partial charge in [-0.25, -0.2) is 14.4 Å². The smallest absolute Gasteiger partial charge is 0.127 e. The van der Waals surface area contributed by atoms with Crippen LogP contribution in [0.5, 0.6) is 0 Å². The van der Waals surface area contributed by atoms with E-state index in [1.165, 1.54) is 6.07 Å². The average Bonchev–Trinajstić information content (AvgIpc) is 3.36. The fraction of sp³-hybridized carbons (Fsp3) is 0.333. The largest absolute Gasteiger partial charge is 0.337 e. The van der Waals surface area contributed by atoms with Crippen LogP contribution < -0.4 is 0 Å². The van der Waals surface area contributed by atoms with E-state index in [1.54, 1.807) is 12.3 Å². The lowest BCUT2D eigenvalue weighted by Gasteiger charge is -2.24. The first-order chi connectivity index (χ1) is 14.6. The molecular weight excluding hydrogens is 377 g/mol. The molecule has 0 saturated heterocycles. The first-order valence-electron chi connectivity index (χ1n) is 10.5. The summed E-state index contributed by atoms with van der Waals surface area (Å²) in [7, 11) is 0. The lowest BCUT2D eigenvalue weighted by atomic mass is 10.2. The fourth-order valence-corrected chi connectivity index (χ4v) is 3.96. The van der Waals surface area contributed by atoms with Crippen molar-refractivity contribution in [2.75, 3.05) is 6.54 Å². The van der Waals surface area contributed by atoms with Crippen LogP contribution in [0, 0.1) is 5.82 Å². The van der Waals surface area contributed by atoms with E-state index in [0.29, 0.717) is 24.7 Å². The molecule has 0 fully saturated rings. The van der Waals surface area contributed by atoms with E-state index in [9.17, 15) is 4.39 Å². The molecule has 0 atom stereocenters. The molecule has 5 nitrogen and oxygen atoms in total. The third-order valence-electron chi connectivity index (χ3n) is 5.35. The van der Waals surface area contributed by atoms with Crippen LogP contribution in [0.1, 0.15) is 37.7 Å². The van der Waals surface area contributed by atoms with E-state index >= 15 is 0 Å². The summed E-state index contributed by atoms with van der Waals surface area (Å²) in [6.45, 7) is 7.31. The second-order valence-corrected chi connectivity index (χ2v) is 7.94. The summed E-state index contributed by atoms with van der Waals surface area (Å²) < 4.78 is 18.7. The third kappa shape index (κ3) is 4.60. The van der Waals surface area contributed by atoms with Gasteiger partial charge >= 0.3 is 0 Å². The summed E-state index contributed by atoms with van der Waals surface area (Å²) in [5, 5.41) is 0. The zero-order chi connectivity index (χ0) is 20.9. The topological polar surface area (TPSA) is 38.9 Å². The second-order valence-electron chi connectivity index (χ2n) is 7.94. The van der Waals surface area contributed by atoms with E-state index in [0.717, 1.165) is 36.4 Å². The summed E-state index contributed by atoms with van der Waals surface area (Å²) in [4.78, 5) is 11.3. The standard InChI is InChI=1S/C24H28FN5/c1-19(2)30-23-11-6-5-10-22(23)27-24(30)17-29(14-7-13-28-15-12-26-18-28)16-20-8-3-4-9-21(20)25/h3-6,8-12,15,18-19H,7,13-14,16-17H2,1-2H3. The van der Waals surface area contributed by atoms with Gasteiger partial charge in [0.25, 0.3) is 0 Å². The minimum absolute atomic E-state index is 0.158. The van der Waals surface area contributed by atoms with E-state index in [-0.39, 0.29) is 5.82 Å². The Morgan fingerprint density at radius 1 is 1.03 bits per heavy atom. The van der Waals surface area contributed by atoms with Crippen molar-refractivity contribution in [3.8, 4) is 0 Å². The van der Waals surface area contributed by atoms with E-state index in [4.69, 9.17) is 4.98 Å². The number of hydrogen-bond donors (Lipinski definition) is 0. The van der Waals surface area contributed by atoms with Gasteiger partial charge in [-0.15, -0.1) is 0 Å². The highest BCUT2D eigenvalue weighted by atomic mass is 19.1. The number of hydrogen-bond acceptors (Lipinski definition) is 3. The Labute approximate surface area is 176 Å². The van der Waals surface area contributed by atoms with Crippen LogP contribution in [0.4, 0.5) is 4.39 Å². The molecule has 0 N–H and O–H groups in total. The number of nitrogens with zero attached hydrogens (tertiary/aromatic N) is 5. The highest BCUT2D eigenvalue weighted by Gasteiger charge is 2.17. The number of aryl methyl sites for hydroxylation is 1. The lowest BCUT2D eigenvalue weighted by Crippen LogP contribution is -2.27. The van der Waals surface area contributed by atoms with Gasteiger partial charge in [0.05, 0.1) is 23.9 Å². The molecule has 0 radical (unpaired) electrons. The zero-order valence-electron chi connectivity index (χ0n) is 17.6. The summed E-state index contributed by atoms with van der Waals surface area (Å²) in [6.07, 6.45) is 6.55. The molecule has 0 aliphatic rings. The Bertz CT molecular complexity index is 1080. The SMILES string of the molecule is CC(C)n1c(CN(CCCn2ccnc2)Cc2ccccc2F)nc2ccccc21. The molecule has 0 amide bonds. The van der Waals surface area contributed by atoms with Gasteiger partial charge in [0.1, 0.15) is 11.6 Å². The van der Waals surface area contributed by atoms with E-state index in [2.05, 4.69) is 51.1 Å². The van der Waals surface area contributed by atoms with Crippen molar-refractivity contribution in [1.29, 1.82) is 0 Å². The fourth-order valence-electron chi connectivity index (χ4n) is 3.96. The molecule has 0 spiro atoms. The van der Waals surface area contributed by atoms with Crippen molar-refractivity contribution in [2.45, 2.75) is 45.9 Å². The monoisotopic (exact) mass is 405 g/mol. The molecule has 4 aromatic rings. The van der Waals surface area contributed by atoms with Crippen molar-refractivity contribution in [2.24, 2.45) is 0 Å². The Morgan fingerprint density at radius 3 is 2.60 bits per heavy atom. The molecule has 0 aliphatic carbocycles. The molecule has 6 heteroatoms. The number of rotatable bonds is 9. The number of aromatic nitrogens is 4. The first kappa shape index (κ1) is 20.3. The molecular formula is C24H28FN5. The molecule has 2 aromatic heterocycles. The average molecular weight is 406 g/mol. The molecule has 0 bridgehead atoms. The van der Waals surface area contributed by atoms with Gasteiger partial charge in [-0.1, -0.05) is 30.3 Å². The van der Waals surface area contributed by atoms with Crippen LogP contribution in [0.15, 0.2) is 67.3 Å². The van der Waals surface area contributed by atoms with Gasteiger partial charge in [0.2, 0.25) is 0 Å². The molecule has 2 heterocycles. The Kier molecular flexibility index (Phi) is 6.23. The first-order valence-corrected chi connectivity index (χ1v) is 10.5. The van der Waals surface area contributed by atoms with Crippen molar-refractivity contribution in [3.63, 3.8) is 0 Å². The maximum atomic E-state index is 14.3. The third-order valence-corrected chi connectivity index (χ3v) is 5.35. The zero-order valence-corrected chi connectivity index (χ0v) is 17.6. The summed E-state index contributed by atoms with van der Waals surface area (Å²) in [5.74, 6) is 0.861. The lowest BCUT2D eigenvalue weighted by molar-refractivity contribution is 0.235.